The van der Waals surface area contributed by atoms with Gasteiger partial charge in [-0.25, -0.2) is 0 Å². The van der Waals surface area contributed by atoms with Crippen LogP contribution in [0.3, 0.4) is 0 Å². The van der Waals surface area contributed by atoms with Gasteiger partial charge in [-0.2, -0.15) is 9.90 Å². The van der Waals surface area contributed by atoms with Crippen LogP contribution in [-0.4, -0.2) is 15.0 Å². The lowest BCUT2D eigenvalue weighted by Gasteiger charge is -2.05. The Balaban J connectivity index is 2.02. The number of hydrogen-bond acceptors (Lipinski definition) is 2. The van der Waals surface area contributed by atoms with E-state index in [-0.39, 0.29) is 0 Å². The lowest BCUT2D eigenvalue weighted by molar-refractivity contribution is 0.744. The van der Waals surface area contributed by atoms with Crippen LogP contribution in [0, 0.1) is 0 Å². The molecule has 0 saturated carbocycles. The monoisotopic (exact) mass is 249 g/mol. The smallest absolute Gasteiger partial charge is 0.113 e. The molecule has 0 atom stereocenters. The lowest BCUT2D eigenvalue weighted by atomic mass is 10.1. The van der Waals surface area contributed by atoms with E-state index in [4.69, 9.17) is 0 Å². The molecule has 0 radical (unpaired) electrons. The van der Waals surface area contributed by atoms with Crippen molar-refractivity contribution in [3.63, 3.8) is 0 Å². The third-order valence-electron chi connectivity index (χ3n) is 3.15. The summed E-state index contributed by atoms with van der Waals surface area (Å²) in [5.74, 6) is 0. The van der Waals surface area contributed by atoms with Gasteiger partial charge in [0.05, 0.1) is 11.9 Å². The number of aromatic nitrogens is 3. The SMILES string of the molecule is CCc1ccccc1-n1ncc(-c2ccccc2)n1. The fourth-order valence-corrected chi connectivity index (χ4v) is 2.13. The Labute approximate surface area is 112 Å². The summed E-state index contributed by atoms with van der Waals surface area (Å²) in [7, 11) is 0. The number of rotatable bonds is 3. The van der Waals surface area contributed by atoms with Gasteiger partial charge in [0.1, 0.15) is 5.69 Å². The molecule has 19 heavy (non-hydrogen) atoms. The van der Waals surface area contributed by atoms with Crippen LogP contribution in [0.15, 0.2) is 60.8 Å². The molecular weight excluding hydrogens is 234 g/mol. The van der Waals surface area contributed by atoms with Crippen molar-refractivity contribution in [2.45, 2.75) is 13.3 Å². The van der Waals surface area contributed by atoms with E-state index in [2.05, 4.69) is 23.2 Å². The summed E-state index contributed by atoms with van der Waals surface area (Å²) < 4.78 is 0. The Morgan fingerprint density at radius 1 is 0.947 bits per heavy atom. The van der Waals surface area contributed by atoms with Crippen LogP contribution in [0.5, 0.6) is 0 Å². The predicted octanol–water partition coefficient (Wildman–Crippen LogP) is 3.50. The highest BCUT2D eigenvalue weighted by Crippen LogP contribution is 2.18. The number of hydrogen-bond donors (Lipinski definition) is 0. The van der Waals surface area contributed by atoms with E-state index in [0.29, 0.717) is 0 Å². The minimum atomic E-state index is 0.895. The van der Waals surface area contributed by atoms with Gasteiger partial charge < -0.3 is 0 Å². The molecule has 0 bridgehead atoms. The predicted molar refractivity (Wildman–Crippen MR) is 76.2 cm³/mol. The lowest BCUT2D eigenvalue weighted by Crippen LogP contribution is -2.02. The van der Waals surface area contributed by atoms with E-state index in [1.54, 1.807) is 4.80 Å². The normalized spacial score (nSPS) is 10.6. The van der Waals surface area contributed by atoms with Crippen molar-refractivity contribution in [2.24, 2.45) is 0 Å². The average molecular weight is 249 g/mol. The zero-order valence-electron chi connectivity index (χ0n) is 10.8. The van der Waals surface area contributed by atoms with Gasteiger partial charge in [0.2, 0.25) is 0 Å². The molecule has 2 aromatic carbocycles. The van der Waals surface area contributed by atoms with Gasteiger partial charge in [0.25, 0.3) is 0 Å². The van der Waals surface area contributed by atoms with Crippen molar-refractivity contribution in [3.05, 3.63) is 66.4 Å². The highest BCUT2D eigenvalue weighted by Gasteiger charge is 2.07. The first-order valence-electron chi connectivity index (χ1n) is 6.44. The summed E-state index contributed by atoms with van der Waals surface area (Å²) in [6.07, 6.45) is 2.78. The molecule has 3 aromatic rings. The van der Waals surface area contributed by atoms with Gasteiger partial charge in [0.15, 0.2) is 0 Å². The van der Waals surface area contributed by atoms with Gasteiger partial charge in [-0.05, 0) is 18.1 Å². The van der Waals surface area contributed by atoms with Gasteiger partial charge in [-0.3, -0.25) is 0 Å². The van der Waals surface area contributed by atoms with Crippen molar-refractivity contribution < 1.29 is 0 Å². The standard InChI is InChI=1S/C16H15N3/c1-2-13-8-6-7-11-16(13)19-17-12-15(18-19)14-9-4-3-5-10-14/h3-12H,2H2,1H3. The Morgan fingerprint density at radius 3 is 2.47 bits per heavy atom. The van der Waals surface area contributed by atoms with Gasteiger partial charge in [0, 0.05) is 5.56 Å². The maximum atomic E-state index is 4.56. The first-order chi connectivity index (χ1) is 9.38. The molecule has 0 spiro atoms. The van der Waals surface area contributed by atoms with Crippen molar-refractivity contribution in [3.8, 4) is 16.9 Å². The molecule has 0 aliphatic carbocycles. The molecule has 94 valence electrons. The van der Waals surface area contributed by atoms with Crippen molar-refractivity contribution in [1.82, 2.24) is 15.0 Å². The Bertz CT molecular complexity index is 671. The zero-order valence-corrected chi connectivity index (χ0v) is 10.8. The molecule has 0 saturated heterocycles. The maximum Gasteiger partial charge on any atom is 0.113 e. The summed E-state index contributed by atoms with van der Waals surface area (Å²) in [6.45, 7) is 2.14. The van der Waals surface area contributed by atoms with E-state index in [1.807, 2.05) is 54.7 Å². The van der Waals surface area contributed by atoms with E-state index in [0.717, 1.165) is 23.4 Å². The fraction of sp³-hybridized carbons (Fsp3) is 0.125. The molecule has 3 nitrogen and oxygen atoms in total. The second kappa shape index (κ2) is 5.06. The van der Waals surface area contributed by atoms with Crippen LogP contribution in [0.1, 0.15) is 12.5 Å². The fourth-order valence-electron chi connectivity index (χ4n) is 2.13. The van der Waals surface area contributed by atoms with Crippen LogP contribution in [-0.2, 0) is 6.42 Å². The Hall–Kier alpha value is -2.42. The largest absolute Gasteiger partial charge is 0.156 e. The molecular formula is C16H15N3. The minimum absolute atomic E-state index is 0.895. The topological polar surface area (TPSA) is 30.7 Å². The van der Waals surface area contributed by atoms with Gasteiger partial charge in [-0.15, -0.1) is 5.10 Å². The minimum Gasteiger partial charge on any atom is -0.156 e. The molecule has 0 aliphatic rings. The second-order valence-corrected chi connectivity index (χ2v) is 4.37. The Kier molecular flexibility index (Phi) is 3.11. The Morgan fingerprint density at radius 2 is 1.68 bits per heavy atom. The van der Waals surface area contributed by atoms with Crippen molar-refractivity contribution >= 4 is 0 Å². The number of nitrogens with zero attached hydrogens (tertiary/aromatic N) is 3. The van der Waals surface area contributed by atoms with Crippen LogP contribution >= 0.6 is 0 Å². The van der Waals surface area contributed by atoms with E-state index >= 15 is 0 Å². The molecule has 0 aliphatic heterocycles. The first kappa shape index (κ1) is 11.7. The van der Waals surface area contributed by atoms with E-state index in [9.17, 15) is 0 Å². The van der Waals surface area contributed by atoms with Gasteiger partial charge >= 0.3 is 0 Å². The summed E-state index contributed by atoms with van der Waals surface area (Å²) in [6, 6.07) is 18.3. The van der Waals surface area contributed by atoms with Crippen LogP contribution in [0.25, 0.3) is 16.9 Å². The third-order valence-corrected chi connectivity index (χ3v) is 3.15. The third kappa shape index (κ3) is 2.27. The highest BCUT2D eigenvalue weighted by atomic mass is 15.5. The molecule has 3 heteroatoms. The molecule has 0 amide bonds. The molecule has 0 fully saturated rings. The molecule has 1 aromatic heterocycles. The van der Waals surface area contributed by atoms with Crippen LogP contribution < -0.4 is 0 Å². The van der Waals surface area contributed by atoms with Crippen LogP contribution in [0.2, 0.25) is 0 Å². The van der Waals surface area contributed by atoms with Crippen LogP contribution in [0.4, 0.5) is 0 Å². The first-order valence-corrected chi connectivity index (χ1v) is 6.44. The number of aryl methyl sites for hydroxylation is 1. The van der Waals surface area contributed by atoms with Crippen molar-refractivity contribution in [2.75, 3.05) is 0 Å². The maximum absolute atomic E-state index is 4.56. The summed E-state index contributed by atoms with van der Waals surface area (Å²) in [4.78, 5) is 1.71. The molecule has 0 N–H and O–H groups in total. The molecule has 0 unspecified atom stereocenters. The number of benzene rings is 2. The quantitative estimate of drug-likeness (QED) is 0.711. The zero-order chi connectivity index (χ0) is 13.1. The molecule has 1 heterocycles. The summed E-state index contributed by atoms with van der Waals surface area (Å²) in [5, 5.41) is 8.94. The average Bonchev–Trinajstić information content (AvgIpc) is 2.98. The van der Waals surface area contributed by atoms with Gasteiger partial charge in [-0.1, -0.05) is 55.5 Å². The summed E-state index contributed by atoms with van der Waals surface area (Å²) >= 11 is 0. The molecule has 3 rings (SSSR count). The highest BCUT2D eigenvalue weighted by molar-refractivity contribution is 5.57. The van der Waals surface area contributed by atoms with E-state index < -0.39 is 0 Å². The number of para-hydroxylation sites is 1. The van der Waals surface area contributed by atoms with Crippen molar-refractivity contribution in [1.29, 1.82) is 0 Å². The van der Waals surface area contributed by atoms with E-state index in [1.165, 1.54) is 5.56 Å². The summed E-state index contributed by atoms with van der Waals surface area (Å²) in [5.41, 5.74) is 4.28. The second-order valence-electron chi connectivity index (χ2n) is 4.37.